The zero-order chi connectivity index (χ0) is 13.4. The monoisotopic (exact) mass is 253 g/mol. The molecule has 1 heterocycles. The molecule has 0 bridgehead atoms. The largest absolute Gasteiger partial charge is 0.379 e. The highest BCUT2D eigenvalue weighted by Gasteiger charge is 2.34. The van der Waals surface area contributed by atoms with Crippen LogP contribution < -0.4 is 0 Å². The van der Waals surface area contributed by atoms with Gasteiger partial charge in [0.2, 0.25) is 0 Å². The fourth-order valence-corrected chi connectivity index (χ4v) is 2.36. The summed E-state index contributed by atoms with van der Waals surface area (Å²) in [4.78, 5) is 14.5. The number of ether oxygens (including phenoxy) is 1. The number of hydrogen-bond donors (Lipinski definition) is 0. The fraction of sp³-hybridized carbons (Fsp3) is 0.800. The Morgan fingerprint density at radius 3 is 2.56 bits per heavy atom. The molecule has 104 valence electrons. The van der Waals surface area contributed by atoms with E-state index < -0.39 is 0 Å². The number of carbonyl (C=O) groups excluding carboxylic acids is 1. The third-order valence-corrected chi connectivity index (χ3v) is 3.80. The summed E-state index contributed by atoms with van der Waals surface area (Å²) in [5.41, 5.74) is -0.331. The van der Waals surface area contributed by atoms with Gasteiger partial charge in [-0.3, -0.25) is 9.69 Å². The summed E-state index contributed by atoms with van der Waals surface area (Å²) >= 11 is 0. The summed E-state index contributed by atoms with van der Waals surface area (Å²) in [6.45, 7) is 11.0. The molecule has 0 unspecified atom stereocenters. The van der Waals surface area contributed by atoms with Gasteiger partial charge in [-0.05, 0) is 33.1 Å². The van der Waals surface area contributed by atoms with Gasteiger partial charge in [0.25, 0.3) is 0 Å². The maximum Gasteiger partial charge on any atom is 0.152 e. The van der Waals surface area contributed by atoms with Gasteiger partial charge in [-0.1, -0.05) is 12.5 Å². The minimum Gasteiger partial charge on any atom is -0.379 e. The lowest BCUT2D eigenvalue weighted by Crippen LogP contribution is -2.54. The zero-order valence-corrected chi connectivity index (χ0v) is 11.9. The summed E-state index contributed by atoms with van der Waals surface area (Å²) in [5, 5.41) is 0. The first kappa shape index (κ1) is 15.4. The van der Waals surface area contributed by atoms with Crippen LogP contribution in [0.4, 0.5) is 0 Å². The lowest BCUT2D eigenvalue weighted by atomic mass is 9.92. The number of hydrogen-bond acceptors (Lipinski definition) is 3. The Labute approximate surface area is 111 Å². The maximum atomic E-state index is 12.3. The summed E-state index contributed by atoms with van der Waals surface area (Å²) in [6, 6.07) is 0. The SMILES string of the molecule is C=CCCCCCC(=O)C(C)(C)N1CCOCC1. The second-order valence-electron chi connectivity index (χ2n) is 5.47. The number of allylic oxidation sites excluding steroid dienone is 1. The number of morpholine rings is 1. The summed E-state index contributed by atoms with van der Waals surface area (Å²) < 4.78 is 5.34. The molecule has 0 N–H and O–H groups in total. The van der Waals surface area contributed by atoms with Crippen LogP contribution >= 0.6 is 0 Å². The van der Waals surface area contributed by atoms with Crippen LogP contribution in [-0.2, 0) is 9.53 Å². The minimum absolute atomic E-state index is 0.331. The van der Waals surface area contributed by atoms with Gasteiger partial charge in [-0.2, -0.15) is 0 Å². The molecule has 1 rings (SSSR count). The van der Waals surface area contributed by atoms with Crippen molar-refractivity contribution in [1.82, 2.24) is 4.90 Å². The Bertz CT molecular complexity index is 268. The van der Waals surface area contributed by atoms with Crippen LogP contribution in [-0.4, -0.2) is 42.5 Å². The van der Waals surface area contributed by atoms with E-state index in [1.54, 1.807) is 0 Å². The molecule has 18 heavy (non-hydrogen) atoms. The molecule has 0 amide bonds. The normalized spacial score (nSPS) is 17.7. The van der Waals surface area contributed by atoms with E-state index in [2.05, 4.69) is 11.5 Å². The quantitative estimate of drug-likeness (QED) is 0.492. The van der Waals surface area contributed by atoms with E-state index in [0.717, 1.165) is 52.0 Å². The van der Waals surface area contributed by atoms with Crippen LogP contribution in [0.2, 0.25) is 0 Å². The van der Waals surface area contributed by atoms with Gasteiger partial charge in [0.15, 0.2) is 5.78 Å². The van der Waals surface area contributed by atoms with Crippen molar-refractivity contribution in [3.63, 3.8) is 0 Å². The molecule has 0 aromatic carbocycles. The topological polar surface area (TPSA) is 29.5 Å². The van der Waals surface area contributed by atoms with E-state index in [4.69, 9.17) is 4.74 Å². The van der Waals surface area contributed by atoms with Gasteiger partial charge in [-0.25, -0.2) is 0 Å². The smallest absolute Gasteiger partial charge is 0.152 e. The molecule has 3 nitrogen and oxygen atoms in total. The molecular weight excluding hydrogens is 226 g/mol. The van der Waals surface area contributed by atoms with Crippen molar-refractivity contribution in [2.24, 2.45) is 0 Å². The lowest BCUT2D eigenvalue weighted by Gasteiger charge is -2.39. The van der Waals surface area contributed by atoms with Crippen LogP contribution in [0.3, 0.4) is 0 Å². The van der Waals surface area contributed by atoms with Crippen molar-refractivity contribution in [1.29, 1.82) is 0 Å². The first-order valence-corrected chi connectivity index (χ1v) is 7.06. The molecule has 0 aromatic rings. The summed E-state index contributed by atoms with van der Waals surface area (Å²) in [5.74, 6) is 0.364. The number of rotatable bonds is 8. The van der Waals surface area contributed by atoms with Crippen LogP contribution in [0.15, 0.2) is 12.7 Å². The number of carbonyl (C=O) groups is 1. The minimum atomic E-state index is -0.331. The summed E-state index contributed by atoms with van der Waals surface area (Å²) in [7, 11) is 0. The van der Waals surface area contributed by atoms with Crippen molar-refractivity contribution in [3.05, 3.63) is 12.7 Å². The van der Waals surface area contributed by atoms with E-state index in [9.17, 15) is 4.79 Å². The lowest BCUT2D eigenvalue weighted by molar-refractivity contribution is -0.132. The van der Waals surface area contributed by atoms with Crippen LogP contribution in [0.25, 0.3) is 0 Å². The number of unbranched alkanes of at least 4 members (excludes halogenated alkanes) is 3. The average molecular weight is 253 g/mol. The predicted molar refractivity (Wildman–Crippen MR) is 74.8 cm³/mol. The zero-order valence-electron chi connectivity index (χ0n) is 11.9. The molecule has 1 saturated heterocycles. The predicted octanol–water partition coefficient (Wildman–Crippen LogP) is 2.80. The second kappa shape index (κ2) is 7.70. The van der Waals surface area contributed by atoms with Crippen LogP contribution in [0, 0.1) is 0 Å². The average Bonchev–Trinajstić information content (AvgIpc) is 2.39. The summed E-state index contributed by atoms with van der Waals surface area (Å²) in [6.07, 6.45) is 6.97. The standard InChI is InChI=1S/C15H27NO2/c1-4-5-6-7-8-9-14(17)15(2,3)16-10-12-18-13-11-16/h4H,1,5-13H2,2-3H3. The molecule has 1 aliphatic rings. The molecule has 3 heteroatoms. The Morgan fingerprint density at radius 1 is 1.28 bits per heavy atom. The van der Waals surface area contributed by atoms with Crippen molar-refractivity contribution >= 4 is 5.78 Å². The molecule has 1 aliphatic heterocycles. The molecular formula is C15H27NO2. The number of Topliss-reactive ketones (excluding diaryl/α,β-unsaturated/α-hetero) is 1. The Kier molecular flexibility index (Phi) is 6.58. The Hall–Kier alpha value is -0.670. The van der Waals surface area contributed by atoms with Gasteiger partial charge in [0.1, 0.15) is 0 Å². The van der Waals surface area contributed by atoms with Crippen molar-refractivity contribution < 1.29 is 9.53 Å². The Morgan fingerprint density at radius 2 is 1.94 bits per heavy atom. The third-order valence-electron chi connectivity index (χ3n) is 3.80. The second-order valence-corrected chi connectivity index (χ2v) is 5.47. The van der Waals surface area contributed by atoms with Crippen molar-refractivity contribution in [3.8, 4) is 0 Å². The maximum absolute atomic E-state index is 12.3. The van der Waals surface area contributed by atoms with Gasteiger partial charge in [0, 0.05) is 19.5 Å². The highest BCUT2D eigenvalue weighted by molar-refractivity contribution is 5.87. The first-order chi connectivity index (χ1) is 8.59. The van der Waals surface area contributed by atoms with Gasteiger partial charge < -0.3 is 4.74 Å². The van der Waals surface area contributed by atoms with Crippen LogP contribution in [0.5, 0.6) is 0 Å². The van der Waals surface area contributed by atoms with E-state index in [-0.39, 0.29) is 5.54 Å². The van der Waals surface area contributed by atoms with E-state index in [0.29, 0.717) is 12.2 Å². The first-order valence-electron chi connectivity index (χ1n) is 7.06. The van der Waals surface area contributed by atoms with Crippen molar-refractivity contribution in [2.75, 3.05) is 26.3 Å². The number of nitrogens with zero attached hydrogens (tertiary/aromatic N) is 1. The van der Waals surface area contributed by atoms with Gasteiger partial charge >= 0.3 is 0 Å². The third kappa shape index (κ3) is 4.54. The van der Waals surface area contributed by atoms with Crippen LogP contribution in [0.1, 0.15) is 46.0 Å². The van der Waals surface area contributed by atoms with Gasteiger partial charge in [0.05, 0.1) is 18.8 Å². The van der Waals surface area contributed by atoms with E-state index in [1.807, 2.05) is 19.9 Å². The highest BCUT2D eigenvalue weighted by Crippen LogP contribution is 2.20. The highest BCUT2D eigenvalue weighted by atomic mass is 16.5. The molecule has 0 atom stereocenters. The molecule has 0 saturated carbocycles. The fourth-order valence-electron chi connectivity index (χ4n) is 2.36. The molecule has 0 radical (unpaired) electrons. The van der Waals surface area contributed by atoms with Gasteiger partial charge in [-0.15, -0.1) is 6.58 Å². The molecule has 0 aromatic heterocycles. The molecule has 1 fully saturated rings. The van der Waals surface area contributed by atoms with E-state index >= 15 is 0 Å². The van der Waals surface area contributed by atoms with E-state index in [1.165, 1.54) is 0 Å². The van der Waals surface area contributed by atoms with Crippen molar-refractivity contribution in [2.45, 2.75) is 51.5 Å². The number of ketones is 1. The molecule has 0 spiro atoms. The Balaban J connectivity index is 2.31. The molecule has 0 aliphatic carbocycles.